The Morgan fingerprint density at radius 1 is 1.12 bits per heavy atom. The van der Waals surface area contributed by atoms with Gasteiger partial charge in [-0.1, -0.05) is 56.3 Å². The Morgan fingerprint density at radius 2 is 1.88 bits per heavy atom. The normalized spacial score (nSPS) is 19.8. The summed E-state index contributed by atoms with van der Waals surface area (Å²) < 4.78 is 26.6. The van der Waals surface area contributed by atoms with Crippen molar-refractivity contribution in [3.8, 4) is 22.4 Å². The number of nitrogens with zero attached hydrogens (tertiary/aromatic N) is 1. The van der Waals surface area contributed by atoms with E-state index in [-0.39, 0.29) is 17.9 Å². The van der Waals surface area contributed by atoms with Crippen molar-refractivity contribution in [1.29, 1.82) is 0 Å². The number of aromatic carboxylic acids is 1. The first-order chi connectivity index (χ1) is 19.9. The number of hydrogen-bond acceptors (Lipinski definition) is 5. The zero-order chi connectivity index (χ0) is 30.2. The van der Waals surface area contributed by atoms with Crippen molar-refractivity contribution < 1.29 is 33.7 Å². The number of halogens is 1. The second kappa shape index (κ2) is 11.8. The van der Waals surface area contributed by atoms with Crippen LogP contribution < -0.4 is 0 Å². The summed E-state index contributed by atoms with van der Waals surface area (Å²) in [6.45, 7) is 7.64. The largest absolute Gasteiger partial charge is 0.481 e. The number of carboxylic acids is 2. The molecule has 0 spiro atoms. The highest BCUT2D eigenvalue weighted by atomic mass is 19.1. The van der Waals surface area contributed by atoms with Crippen molar-refractivity contribution in [1.82, 2.24) is 4.98 Å². The van der Waals surface area contributed by atoms with Crippen LogP contribution >= 0.6 is 0 Å². The SMILES string of the molecule is CC(C)c1nc2c(c(-c3ccc(F)c(C(=O)O)c3)c1/C=C/[C@@H]1C[C@H](CC(=O)O)OC(C)(C)O1)CCCc1ccccc1-2. The fraction of sp³-hybridized carbons (Fsp3) is 0.382. The molecule has 2 N–H and O–H groups in total. The predicted molar refractivity (Wildman–Crippen MR) is 158 cm³/mol. The number of aryl methyl sites for hydroxylation is 1. The van der Waals surface area contributed by atoms with E-state index < -0.39 is 35.8 Å². The molecule has 5 rings (SSSR count). The van der Waals surface area contributed by atoms with Gasteiger partial charge in [-0.05, 0) is 73.4 Å². The van der Waals surface area contributed by atoms with Gasteiger partial charge in [0.25, 0.3) is 0 Å². The van der Waals surface area contributed by atoms with Crippen LogP contribution in [0.25, 0.3) is 28.5 Å². The fourth-order valence-corrected chi connectivity index (χ4v) is 6.12. The maximum atomic E-state index is 14.6. The Hall–Kier alpha value is -3.88. The monoisotopic (exact) mass is 573 g/mol. The van der Waals surface area contributed by atoms with Crippen molar-refractivity contribution in [2.75, 3.05) is 0 Å². The van der Waals surface area contributed by atoms with E-state index in [1.807, 2.05) is 24.3 Å². The molecule has 220 valence electrons. The Bertz CT molecular complexity index is 1560. The summed E-state index contributed by atoms with van der Waals surface area (Å²) in [4.78, 5) is 28.6. The number of ether oxygens (including phenoxy) is 2. The molecule has 2 aromatic carbocycles. The molecular weight excluding hydrogens is 537 g/mol. The van der Waals surface area contributed by atoms with E-state index in [9.17, 15) is 24.2 Å². The lowest BCUT2D eigenvalue weighted by Gasteiger charge is -2.39. The molecule has 2 atom stereocenters. The molecule has 1 aliphatic carbocycles. The molecule has 1 fully saturated rings. The van der Waals surface area contributed by atoms with Crippen molar-refractivity contribution >= 4 is 18.0 Å². The van der Waals surface area contributed by atoms with Crippen LogP contribution in [0.5, 0.6) is 0 Å². The molecule has 42 heavy (non-hydrogen) atoms. The van der Waals surface area contributed by atoms with E-state index in [0.29, 0.717) is 18.4 Å². The number of benzene rings is 2. The maximum Gasteiger partial charge on any atom is 0.338 e. The van der Waals surface area contributed by atoms with E-state index >= 15 is 0 Å². The van der Waals surface area contributed by atoms with Gasteiger partial charge in [0.15, 0.2) is 5.79 Å². The molecule has 7 nitrogen and oxygen atoms in total. The molecule has 1 aromatic heterocycles. The van der Waals surface area contributed by atoms with Gasteiger partial charge >= 0.3 is 11.9 Å². The first kappa shape index (κ1) is 29.6. The second-order valence-corrected chi connectivity index (χ2v) is 11.8. The summed E-state index contributed by atoms with van der Waals surface area (Å²) in [7, 11) is 0. The molecule has 3 aromatic rings. The molecule has 0 radical (unpaired) electrons. The quantitative estimate of drug-likeness (QED) is 0.306. The zero-order valence-corrected chi connectivity index (χ0v) is 24.3. The average Bonchev–Trinajstić information content (AvgIpc) is 3.09. The number of rotatable bonds is 7. The van der Waals surface area contributed by atoms with Crippen LogP contribution in [0.3, 0.4) is 0 Å². The van der Waals surface area contributed by atoms with Crippen LogP contribution in [0.15, 0.2) is 48.5 Å². The molecule has 2 aliphatic rings. The number of carbonyl (C=O) groups is 2. The summed E-state index contributed by atoms with van der Waals surface area (Å²) >= 11 is 0. The van der Waals surface area contributed by atoms with E-state index in [2.05, 4.69) is 26.0 Å². The number of hydrogen-bond donors (Lipinski definition) is 2. The van der Waals surface area contributed by atoms with Crippen molar-refractivity contribution in [3.05, 3.63) is 82.3 Å². The van der Waals surface area contributed by atoms with E-state index in [0.717, 1.165) is 46.5 Å². The molecule has 0 bridgehead atoms. The molecule has 0 amide bonds. The average molecular weight is 574 g/mol. The van der Waals surface area contributed by atoms with Crippen LogP contribution in [0.1, 0.15) is 85.6 Å². The number of carboxylic acid groups (broad SMARTS) is 2. The summed E-state index contributed by atoms with van der Waals surface area (Å²) in [5.74, 6) is -4.02. The first-order valence-corrected chi connectivity index (χ1v) is 14.4. The number of pyridine rings is 1. The van der Waals surface area contributed by atoms with Gasteiger partial charge in [-0.15, -0.1) is 0 Å². The highest BCUT2D eigenvalue weighted by molar-refractivity contribution is 5.92. The third-order valence-electron chi connectivity index (χ3n) is 7.80. The van der Waals surface area contributed by atoms with Crippen LogP contribution in [-0.4, -0.2) is 45.1 Å². The smallest absolute Gasteiger partial charge is 0.338 e. The number of aliphatic carboxylic acids is 1. The van der Waals surface area contributed by atoms with Crippen LogP contribution in [0.2, 0.25) is 0 Å². The third-order valence-corrected chi connectivity index (χ3v) is 7.80. The van der Waals surface area contributed by atoms with E-state index in [4.69, 9.17) is 14.5 Å². The van der Waals surface area contributed by atoms with Crippen molar-refractivity contribution in [2.24, 2.45) is 0 Å². The summed E-state index contributed by atoms with van der Waals surface area (Å²) in [6, 6.07) is 12.5. The Labute approximate surface area is 245 Å². The highest BCUT2D eigenvalue weighted by Gasteiger charge is 2.35. The molecule has 2 heterocycles. The zero-order valence-electron chi connectivity index (χ0n) is 24.3. The van der Waals surface area contributed by atoms with E-state index in [1.165, 1.54) is 17.7 Å². The second-order valence-electron chi connectivity index (χ2n) is 11.8. The minimum atomic E-state index is -1.33. The van der Waals surface area contributed by atoms with Gasteiger partial charge in [-0.3, -0.25) is 9.78 Å². The lowest BCUT2D eigenvalue weighted by atomic mass is 9.86. The lowest BCUT2D eigenvalue weighted by Crippen LogP contribution is -2.44. The molecule has 1 aliphatic heterocycles. The van der Waals surface area contributed by atoms with Gasteiger partial charge in [0.1, 0.15) is 5.82 Å². The standard InChI is InChI=1S/C34H36FNO6/c1-19(2)31-26(14-13-22-17-23(18-29(37)38)42-34(3,4)41-22)30(21-12-15-28(35)27(16-21)33(39)40)25-11-7-9-20-8-5-6-10-24(20)32(25)36-31/h5-6,8,10,12-16,19,22-23H,7,9,11,17-18H2,1-4H3,(H,37,38)(H,39,40)/b14-13+/t22-,23-/m1/s1. The van der Waals surface area contributed by atoms with E-state index in [1.54, 1.807) is 19.9 Å². The van der Waals surface area contributed by atoms with Gasteiger partial charge in [0.05, 0.1) is 35.6 Å². The summed E-state index contributed by atoms with van der Waals surface area (Å²) in [5, 5.41) is 19.1. The van der Waals surface area contributed by atoms with Crippen molar-refractivity contribution in [3.63, 3.8) is 0 Å². The molecular formula is C34H36FNO6. The van der Waals surface area contributed by atoms with Crippen LogP contribution in [0, 0.1) is 5.82 Å². The molecule has 0 saturated carbocycles. The van der Waals surface area contributed by atoms with Gasteiger partial charge in [-0.2, -0.15) is 0 Å². The van der Waals surface area contributed by atoms with Gasteiger partial charge in [0.2, 0.25) is 0 Å². The first-order valence-electron chi connectivity index (χ1n) is 14.4. The Morgan fingerprint density at radius 3 is 2.60 bits per heavy atom. The predicted octanol–water partition coefficient (Wildman–Crippen LogP) is 7.26. The summed E-state index contributed by atoms with van der Waals surface area (Å²) in [6.07, 6.45) is 5.63. The topological polar surface area (TPSA) is 106 Å². The maximum absolute atomic E-state index is 14.6. The number of aromatic nitrogens is 1. The van der Waals surface area contributed by atoms with Gasteiger partial charge < -0.3 is 19.7 Å². The molecule has 8 heteroatoms. The van der Waals surface area contributed by atoms with Gasteiger partial charge in [0, 0.05) is 17.5 Å². The number of fused-ring (bicyclic) bond motifs is 3. The van der Waals surface area contributed by atoms with Gasteiger partial charge in [-0.25, -0.2) is 9.18 Å². The molecule has 1 saturated heterocycles. The minimum Gasteiger partial charge on any atom is -0.481 e. The third kappa shape index (κ3) is 6.15. The Balaban J connectivity index is 1.73. The lowest BCUT2D eigenvalue weighted by molar-refractivity contribution is -0.290. The highest BCUT2D eigenvalue weighted by Crippen LogP contribution is 2.42. The summed E-state index contributed by atoms with van der Waals surface area (Å²) in [5.41, 5.74) is 6.79. The van der Waals surface area contributed by atoms with Crippen LogP contribution in [-0.2, 0) is 27.1 Å². The minimum absolute atomic E-state index is 0.00955. The van der Waals surface area contributed by atoms with Crippen molar-refractivity contribution in [2.45, 2.75) is 83.7 Å². The molecule has 0 unspecified atom stereocenters. The fourth-order valence-electron chi connectivity index (χ4n) is 6.12. The Kier molecular flexibility index (Phi) is 8.30. The van der Waals surface area contributed by atoms with Crippen LogP contribution in [0.4, 0.5) is 4.39 Å².